The molecule has 1 aliphatic heterocycles. The summed E-state index contributed by atoms with van der Waals surface area (Å²) < 4.78 is 10.5. The van der Waals surface area contributed by atoms with Crippen LogP contribution < -0.4 is 10.2 Å². The van der Waals surface area contributed by atoms with Gasteiger partial charge in [0.15, 0.2) is 0 Å². The normalized spacial score (nSPS) is 15.7. The molecule has 2 aromatic rings. The summed E-state index contributed by atoms with van der Waals surface area (Å²) in [5.74, 6) is -0.144. The van der Waals surface area contributed by atoms with Crippen molar-refractivity contribution in [2.75, 3.05) is 63.3 Å². The third-order valence-electron chi connectivity index (χ3n) is 5.37. The van der Waals surface area contributed by atoms with Gasteiger partial charge in [0.2, 0.25) is 0 Å². The lowest BCUT2D eigenvalue weighted by molar-refractivity contribution is -0.127. The van der Waals surface area contributed by atoms with Crippen LogP contribution in [0.3, 0.4) is 0 Å². The molecule has 1 atom stereocenters. The predicted octanol–water partition coefficient (Wildman–Crippen LogP) is 2.44. The number of pyridine rings is 1. The number of carbonyl (C=O) groups is 1. The fourth-order valence-electron chi connectivity index (χ4n) is 3.52. The lowest BCUT2D eigenvalue weighted by Gasteiger charge is -2.37. The van der Waals surface area contributed by atoms with Crippen molar-refractivity contribution in [1.82, 2.24) is 9.88 Å². The fraction of sp³-hybridized carbons (Fsp3) is 0.478. The fourth-order valence-corrected chi connectivity index (χ4v) is 3.52. The van der Waals surface area contributed by atoms with Crippen LogP contribution >= 0.6 is 0 Å². The van der Waals surface area contributed by atoms with E-state index in [1.165, 1.54) is 5.56 Å². The summed E-state index contributed by atoms with van der Waals surface area (Å²) in [6, 6.07) is 12.1. The zero-order valence-corrected chi connectivity index (χ0v) is 17.9. The highest BCUT2D eigenvalue weighted by molar-refractivity contribution is 5.97. The van der Waals surface area contributed by atoms with Crippen molar-refractivity contribution in [3.63, 3.8) is 0 Å². The van der Waals surface area contributed by atoms with Gasteiger partial charge < -0.3 is 19.7 Å². The number of piperazine rings is 1. The summed E-state index contributed by atoms with van der Waals surface area (Å²) >= 11 is 0. The van der Waals surface area contributed by atoms with Crippen LogP contribution in [-0.4, -0.2) is 74.9 Å². The molecule has 2 heterocycles. The summed E-state index contributed by atoms with van der Waals surface area (Å²) in [6.07, 6.45) is 4.21. The van der Waals surface area contributed by atoms with Gasteiger partial charge >= 0.3 is 0 Å². The summed E-state index contributed by atoms with van der Waals surface area (Å²) in [4.78, 5) is 21.4. The van der Waals surface area contributed by atoms with E-state index in [0.29, 0.717) is 13.2 Å². The van der Waals surface area contributed by atoms with Crippen molar-refractivity contribution < 1.29 is 14.3 Å². The Balaban J connectivity index is 1.51. The molecular formula is C23H32N4O3. The maximum Gasteiger partial charge on any atom is 0.253 e. The topological polar surface area (TPSA) is 66.9 Å². The highest BCUT2D eigenvalue weighted by Crippen LogP contribution is 2.27. The standard InChI is InChI=1S/C23H32N4O3/c1-19(30-18-17-29-2)23(28)25-21-5-3-4-6-22(21)27-15-13-26(14-16-27)12-9-20-7-10-24-11-8-20/h3-8,10-11,19H,9,12-18H2,1-2H3,(H,25,28). The molecule has 162 valence electrons. The van der Waals surface area contributed by atoms with Gasteiger partial charge in [0.25, 0.3) is 5.91 Å². The molecule has 0 radical (unpaired) electrons. The van der Waals surface area contributed by atoms with Gasteiger partial charge in [-0.3, -0.25) is 14.7 Å². The van der Waals surface area contributed by atoms with Crippen molar-refractivity contribution in [2.45, 2.75) is 19.4 Å². The monoisotopic (exact) mass is 412 g/mol. The number of rotatable bonds is 10. The molecule has 1 saturated heterocycles. The zero-order chi connectivity index (χ0) is 21.2. The van der Waals surface area contributed by atoms with E-state index in [0.717, 1.165) is 50.5 Å². The van der Waals surface area contributed by atoms with Crippen molar-refractivity contribution in [3.8, 4) is 0 Å². The number of para-hydroxylation sites is 2. The summed E-state index contributed by atoms with van der Waals surface area (Å²) in [5.41, 5.74) is 3.21. The molecular weight excluding hydrogens is 380 g/mol. The van der Waals surface area contributed by atoms with Gasteiger partial charge in [0.05, 0.1) is 24.6 Å². The Kier molecular flexibility index (Phi) is 8.62. The zero-order valence-electron chi connectivity index (χ0n) is 17.9. The Bertz CT molecular complexity index is 779. The van der Waals surface area contributed by atoms with E-state index in [-0.39, 0.29) is 5.91 Å². The van der Waals surface area contributed by atoms with Gasteiger partial charge in [-0.15, -0.1) is 0 Å². The molecule has 3 rings (SSSR count). The Hall–Kier alpha value is -2.48. The smallest absolute Gasteiger partial charge is 0.253 e. The summed E-state index contributed by atoms with van der Waals surface area (Å²) in [5, 5.41) is 3.03. The molecule has 30 heavy (non-hydrogen) atoms. The minimum absolute atomic E-state index is 0.144. The molecule has 1 aromatic heterocycles. The molecule has 7 heteroatoms. The van der Waals surface area contributed by atoms with Crippen LogP contribution in [0.15, 0.2) is 48.8 Å². The number of aromatic nitrogens is 1. The van der Waals surface area contributed by atoms with E-state index in [9.17, 15) is 4.79 Å². The molecule has 0 saturated carbocycles. The van der Waals surface area contributed by atoms with Crippen molar-refractivity contribution in [2.24, 2.45) is 0 Å². The number of hydrogen-bond acceptors (Lipinski definition) is 6. The van der Waals surface area contributed by atoms with Gasteiger partial charge in [-0.25, -0.2) is 0 Å². The molecule has 1 N–H and O–H groups in total. The average molecular weight is 413 g/mol. The van der Waals surface area contributed by atoms with E-state index < -0.39 is 6.10 Å². The largest absolute Gasteiger partial charge is 0.382 e. The summed E-state index contributed by atoms with van der Waals surface area (Å²) in [6.45, 7) is 7.55. The van der Waals surface area contributed by atoms with E-state index in [2.05, 4.69) is 38.3 Å². The molecule has 1 amide bonds. The van der Waals surface area contributed by atoms with Crippen molar-refractivity contribution in [3.05, 3.63) is 54.4 Å². The molecule has 7 nitrogen and oxygen atoms in total. The van der Waals surface area contributed by atoms with Gasteiger partial charge in [-0.2, -0.15) is 0 Å². The van der Waals surface area contributed by atoms with Crippen molar-refractivity contribution in [1.29, 1.82) is 0 Å². The number of methoxy groups -OCH3 is 1. The quantitative estimate of drug-likeness (QED) is 0.605. The second-order valence-electron chi connectivity index (χ2n) is 7.45. The number of amides is 1. The molecule has 0 spiro atoms. The predicted molar refractivity (Wildman–Crippen MR) is 119 cm³/mol. The molecule has 1 fully saturated rings. The van der Waals surface area contributed by atoms with Gasteiger partial charge in [0.1, 0.15) is 6.10 Å². The molecule has 0 bridgehead atoms. The maximum atomic E-state index is 12.5. The Labute approximate surface area is 179 Å². The molecule has 0 aliphatic carbocycles. The lowest BCUT2D eigenvalue weighted by atomic mass is 10.1. The van der Waals surface area contributed by atoms with Crippen LogP contribution in [0.4, 0.5) is 11.4 Å². The Morgan fingerprint density at radius 3 is 2.57 bits per heavy atom. The molecule has 1 aromatic carbocycles. The molecule has 1 unspecified atom stereocenters. The lowest BCUT2D eigenvalue weighted by Crippen LogP contribution is -2.47. The van der Waals surface area contributed by atoms with Gasteiger partial charge in [-0.1, -0.05) is 12.1 Å². The van der Waals surface area contributed by atoms with Crippen molar-refractivity contribution >= 4 is 17.3 Å². The average Bonchev–Trinajstić information content (AvgIpc) is 2.79. The van der Waals surface area contributed by atoms with Crippen LogP contribution in [0.25, 0.3) is 0 Å². The first-order valence-electron chi connectivity index (χ1n) is 10.5. The van der Waals surface area contributed by atoms with Crippen LogP contribution in [0.2, 0.25) is 0 Å². The Morgan fingerprint density at radius 2 is 1.83 bits per heavy atom. The second kappa shape index (κ2) is 11.6. The van der Waals surface area contributed by atoms with E-state index in [1.807, 2.05) is 30.6 Å². The number of hydrogen-bond donors (Lipinski definition) is 1. The number of carbonyl (C=O) groups excluding carboxylic acids is 1. The third-order valence-corrected chi connectivity index (χ3v) is 5.37. The first-order chi connectivity index (χ1) is 14.7. The number of nitrogens with zero attached hydrogens (tertiary/aromatic N) is 3. The van der Waals surface area contributed by atoms with Crippen LogP contribution in [0.5, 0.6) is 0 Å². The Morgan fingerprint density at radius 1 is 1.10 bits per heavy atom. The van der Waals surface area contributed by atoms with Gasteiger partial charge in [-0.05, 0) is 43.2 Å². The van der Waals surface area contributed by atoms with Crippen LogP contribution in [0.1, 0.15) is 12.5 Å². The van der Waals surface area contributed by atoms with Gasteiger partial charge in [0, 0.05) is 52.2 Å². The maximum absolute atomic E-state index is 12.5. The first-order valence-corrected chi connectivity index (χ1v) is 10.5. The number of nitrogens with one attached hydrogen (secondary N) is 1. The van der Waals surface area contributed by atoms with E-state index >= 15 is 0 Å². The minimum Gasteiger partial charge on any atom is -0.382 e. The third kappa shape index (κ3) is 6.52. The number of ether oxygens (including phenoxy) is 2. The summed E-state index contributed by atoms with van der Waals surface area (Å²) in [7, 11) is 1.61. The van der Waals surface area contributed by atoms with E-state index in [1.54, 1.807) is 14.0 Å². The number of anilines is 2. The van der Waals surface area contributed by atoms with E-state index in [4.69, 9.17) is 9.47 Å². The molecule has 1 aliphatic rings. The highest BCUT2D eigenvalue weighted by atomic mass is 16.5. The number of benzene rings is 1. The van der Waals surface area contributed by atoms with Crippen LogP contribution in [-0.2, 0) is 20.7 Å². The second-order valence-corrected chi connectivity index (χ2v) is 7.45. The first kappa shape index (κ1) is 22.2. The van der Waals surface area contributed by atoms with Crippen LogP contribution in [0, 0.1) is 0 Å². The highest BCUT2D eigenvalue weighted by Gasteiger charge is 2.21. The minimum atomic E-state index is -0.529. The SMILES string of the molecule is COCCOC(C)C(=O)Nc1ccccc1N1CCN(CCc2ccncc2)CC1.